The summed E-state index contributed by atoms with van der Waals surface area (Å²) < 4.78 is 0. The number of aromatic nitrogens is 3. The fourth-order valence-electron chi connectivity index (χ4n) is 2.92. The lowest BCUT2D eigenvalue weighted by Crippen LogP contribution is -2.39. The maximum atomic E-state index is 5.63. The van der Waals surface area contributed by atoms with Crippen LogP contribution in [0, 0.1) is 0 Å². The standard InChI is InChI=1S/C15H22N6/c1-12-10-20(11-13-6-3-2-4-7-13)8-5-9-21(12)15-17-14(16)18-19-15/h2-4,6-7,12H,5,8-11H2,1H3,(H3,16,17,18,19). The monoisotopic (exact) mass is 286 g/mol. The van der Waals surface area contributed by atoms with Crippen LogP contribution in [0.3, 0.4) is 0 Å². The molecule has 1 fully saturated rings. The molecule has 3 N–H and O–H groups in total. The highest BCUT2D eigenvalue weighted by Gasteiger charge is 2.24. The smallest absolute Gasteiger partial charge is 0.246 e. The molecule has 0 spiro atoms. The van der Waals surface area contributed by atoms with Gasteiger partial charge in [-0.2, -0.15) is 4.98 Å². The molecule has 1 aromatic heterocycles. The van der Waals surface area contributed by atoms with E-state index in [0.717, 1.165) is 32.6 Å². The van der Waals surface area contributed by atoms with E-state index in [1.807, 2.05) is 0 Å². The molecule has 0 radical (unpaired) electrons. The second-order valence-corrected chi connectivity index (χ2v) is 5.64. The number of anilines is 2. The van der Waals surface area contributed by atoms with Crippen LogP contribution >= 0.6 is 0 Å². The molecular formula is C15H22N6. The highest BCUT2D eigenvalue weighted by Crippen LogP contribution is 2.18. The maximum absolute atomic E-state index is 5.63. The van der Waals surface area contributed by atoms with Crippen LogP contribution in [0.1, 0.15) is 18.9 Å². The van der Waals surface area contributed by atoms with Crippen molar-refractivity contribution in [3.63, 3.8) is 0 Å². The van der Waals surface area contributed by atoms with E-state index in [0.29, 0.717) is 17.9 Å². The van der Waals surface area contributed by atoms with E-state index < -0.39 is 0 Å². The molecule has 112 valence electrons. The molecule has 2 heterocycles. The predicted octanol–water partition coefficient (Wildman–Crippen LogP) is 1.49. The number of nitrogen functional groups attached to an aromatic ring is 1. The number of nitrogens with one attached hydrogen (secondary N) is 1. The van der Waals surface area contributed by atoms with Crippen molar-refractivity contribution in [2.45, 2.75) is 25.9 Å². The van der Waals surface area contributed by atoms with Crippen LogP contribution in [0.15, 0.2) is 30.3 Å². The Balaban J connectivity index is 1.67. The molecule has 0 aliphatic carbocycles. The lowest BCUT2D eigenvalue weighted by Gasteiger charge is -2.28. The molecule has 6 heteroatoms. The van der Waals surface area contributed by atoms with Crippen molar-refractivity contribution in [3.05, 3.63) is 35.9 Å². The van der Waals surface area contributed by atoms with Crippen molar-refractivity contribution >= 4 is 11.9 Å². The summed E-state index contributed by atoms with van der Waals surface area (Å²) in [6, 6.07) is 11.0. The number of hydrogen-bond donors (Lipinski definition) is 2. The van der Waals surface area contributed by atoms with Crippen LogP contribution in [0.2, 0.25) is 0 Å². The van der Waals surface area contributed by atoms with E-state index in [4.69, 9.17) is 5.73 Å². The van der Waals surface area contributed by atoms with Gasteiger partial charge in [0.1, 0.15) is 0 Å². The third-order valence-corrected chi connectivity index (χ3v) is 3.92. The van der Waals surface area contributed by atoms with Gasteiger partial charge in [-0.15, -0.1) is 5.10 Å². The quantitative estimate of drug-likeness (QED) is 0.894. The summed E-state index contributed by atoms with van der Waals surface area (Å²) in [7, 11) is 0. The molecule has 1 aromatic carbocycles. The van der Waals surface area contributed by atoms with Gasteiger partial charge in [-0.25, -0.2) is 5.10 Å². The van der Waals surface area contributed by atoms with Crippen molar-refractivity contribution in [1.82, 2.24) is 20.1 Å². The number of aromatic amines is 1. The number of benzene rings is 1. The SMILES string of the molecule is CC1CN(Cc2ccccc2)CCCN1c1n[nH]c(N)n1. The van der Waals surface area contributed by atoms with E-state index in [9.17, 15) is 0 Å². The molecule has 1 atom stereocenters. The van der Waals surface area contributed by atoms with Gasteiger partial charge in [0.25, 0.3) is 0 Å². The van der Waals surface area contributed by atoms with Crippen molar-refractivity contribution in [1.29, 1.82) is 0 Å². The summed E-state index contributed by atoms with van der Waals surface area (Å²) in [5.41, 5.74) is 6.99. The third kappa shape index (κ3) is 3.33. The average Bonchev–Trinajstić information content (AvgIpc) is 2.81. The zero-order valence-corrected chi connectivity index (χ0v) is 12.4. The number of nitrogens with zero attached hydrogens (tertiary/aromatic N) is 4. The normalized spacial score (nSPS) is 20.4. The maximum Gasteiger partial charge on any atom is 0.246 e. The van der Waals surface area contributed by atoms with Gasteiger partial charge in [-0.3, -0.25) is 4.90 Å². The van der Waals surface area contributed by atoms with Crippen molar-refractivity contribution in [2.75, 3.05) is 30.3 Å². The molecule has 1 unspecified atom stereocenters. The van der Waals surface area contributed by atoms with E-state index >= 15 is 0 Å². The molecule has 0 saturated carbocycles. The minimum Gasteiger partial charge on any atom is -0.368 e. The van der Waals surface area contributed by atoms with Crippen molar-refractivity contribution < 1.29 is 0 Å². The van der Waals surface area contributed by atoms with Gasteiger partial charge < -0.3 is 10.6 Å². The van der Waals surface area contributed by atoms with Crippen molar-refractivity contribution in [3.8, 4) is 0 Å². The van der Waals surface area contributed by atoms with Crippen LogP contribution in [0.5, 0.6) is 0 Å². The minimum atomic E-state index is 0.367. The van der Waals surface area contributed by atoms with Gasteiger partial charge in [0, 0.05) is 32.2 Å². The van der Waals surface area contributed by atoms with Gasteiger partial charge in [0.05, 0.1) is 0 Å². The Bertz CT molecular complexity index is 567. The Morgan fingerprint density at radius 2 is 2.10 bits per heavy atom. The first-order valence-electron chi connectivity index (χ1n) is 7.43. The molecule has 1 aliphatic heterocycles. The zero-order valence-electron chi connectivity index (χ0n) is 12.4. The number of H-pyrrole nitrogens is 1. The summed E-state index contributed by atoms with van der Waals surface area (Å²) in [4.78, 5) is 8.98. The summed E-state index contributed by atoms with van der Waals surface area (Å²) >= 11 is 0. The second kappa shape index (κ2) is 6.13. The van der Waals surface area contributed by atoms with Crippen LogP contribution in [0.25, 0.3) is 0 Å². The predicted molar refractivity (Wildman–Crippen MR) is 83.9 cm³/mol. The Hall–Kier alpha value is -2.08. The molecule has 1 aliphatic rings. The molecule has 0 amide bonds. The number of hydrogen-bond acceptors (Lipinski definition) is 5. The van der Waals surface area contributed by atoms with Crippen LogP contribution in [-0.2, 0) is 6.54 Å². The Morgan fingerprint density at radius 1 is 1.29 bits per heavy atom. The highest BCUT2D eigenvalue weighted by atomic mass is 15.4. The van der Waals surface area contributed by atoms with Gasteiger partial charge >= 0.3 is 0 Å². The highest BCUT2D eigenvalue weighted by molar-refractivity contribution is 5.35. The Morgan fingerprint density at radius 3 is 2.81 bits per heavy atom. The topological polar surface area (TPSA) is 74.1 Å². The number of rotatable bonds is 3. The lowest BCUT2D eigenvalue weighted by atomic mass is 10.2. The second-order valence-electron chi connectivity index (χ2n) is 5.64. The molecule has 21 heavy (non-hydrogen) atoms. The summed E-state index contributed by atoms with van der Waals surface area (Å²) in [6.45, 7) is 6.27. The fraction of sp³-hybridized carbons (Fsp3) is 0.467. The summed E-state index contributed by atoms with van der Waals surface area (Å²) in [5.74, 6) is 1.09. The van der Waals surface area contributed by atoms with Crippen LogP contribution in [-0.4, -0.2) is 45.8 Å². The van der Waals surface area contributed by atoms with Gasteiger partial charge in [0.15, 0.2) is 0 Å². The third-order valence-electron chi connectivity index (χ3n) is 3.92. The molecule has 3 rings (SSSR count). The number of nitrogens with two attached hydrogens (primary N) is 1. The van der Waals surface area contributed by atoms with E-state index in [1.54, 1.807) is 0 Å². The average molecular weight is 286 g/mol. The van der Waals surface area contributed by atoms with Gasteiger partial charge in [-0.1, -0.05) is 30.3 Å². The molecule has 0 bridgehead atoms. The largest absolute Gasteiger partial charge is 0.368 e. The zero-order chi connectivity index (χ0) is 14.7. The first-order chi connectivity index (χ1) is 10.2. The van der Waals surface area contributed by atoms with Crippen LogP contribution in [0.4, 0.5) is 11.9 Å². The first-order valence-corrected chi connectivity index (χ1v) is 7.43. The first kappa shape index (κ1) is 13.9. The molecule has 1 saturated heterocycles. The van der Waals surface area contributed by atoms with E-state index in [1.165, 1.54) is 5.56 Å². The van der Waals surface area contributed by atoms with Crippen LogP contribution < -0.4 is 10.6 Å². The minimum absolute atomic E-state index is 0.367. The Kier molecular flexibility index (Phi) is 4.06. The molecule has 2 aromatic rings. The summed E-state index contributed by atoms with van der Waals surface area (Å²) in [6.07, 6.45) is 1.10. The Labute approximate surface area is 125 Å². The van der Waals surface area contributed by atoms with E-state index in [2.05, 4.69) is 62.2 Å². The van der Waals surface area contributed by atoms with E-state index in [-0.39, 0.29) is 0 Å². The fourth-order valence-corrected chi connectivity index (χ4v) is 2.92. The van der Waals surface area contributed by atoms with Crippen molar-refractivity contribution in [2.24, 2.45) is 0 Å². The van der Waals surface area contributed by atoms with Gasteiger partial charge in [-0.05, 0) is 18.9 Å². The molecular weight excluding hydrogens is 264 g/mol. The summed E-state index contributed by atoms with van der Waals surface area (Å²) in [5, 5.41) is 6.91. The van der Waals surface area contributed by atoms with Gasteiger partial charge in [0.2, 0.25) is 11.9 Å². The molecule has 6 nitrogen and oxygen atoms in total. The lowest BCUT2D eigenvalue weighted by molar-refractivity contribution is 0.268.